The first kappa shape index (κ1) is 17.4. The number of methoxy groups -OCH3 is 1. The van der Waals surface area contributed by atoms with E-state index in [2.05, 4.69) is 5.32 Å². The molecule has 0 bridgehead atoms. The van der Waals surface area contributed by atoms with Gasteiger partial charge in [-0.05, 0) is 11.6 Å². The molecule has 0 aliphatic rings. The van der Waals surface area contributed by atoms with E-state index in [-0.39, 0.29) is 30.2 Å². The number of ether oxygens (including phenoxy) is 1. The maximum absolute atomic E-state index is 12.5. The molecule has 1 N–H and O–H groups in total. The third-order valence-electron chi connectivity index (χ3n) is 3.89. The number of carbonyl (C=O) groups is 1. The molecular formula is C18H15N2O6-. The number of furan rings is 1. The Morgan fingerprint density at radius 1 is 1.27 bits per heavy atom. The van der Waals surface area contributed by atoms with Gasteiger partial charge < -0.3 is 19.6 Å². The van der Waals surface area contributed by atoms with Crippen LogP contribution in [0.25, 0.3) is 11.0 Å². The SMILES string of the molecule is COCc1c(C(=O)NCc2cc([N+](=O)[O-])ccc2[O-])oc2ccccc12. The standard InChI is InChI=1S/C18H16N2O6/c1-25-10-14-13-4-2-3-5-16(13)26-17(14)18(22)19-9-11-8-12(20(23)24)6-7-15(11)21/h2-8,21H,9-10H2,1H3,(H,19,22)/p-1. The van der Waals surface area contributed by atoms with Crippen LogP contribution in [0, 0.1) is 10.1 Å². The maximum atomic E-state index is 12.5. The minimum absolute atomic E-state index is 0.0888. The second kappa shape index (κ2) is 7.24. The molecule has 0 atom stereocenters. The molecule has 134 valence electrons. The van der Waals surface area contributed by atoms with E-state index in [0.29, 0.717) is 11.1 Å². The van der Waals surface area contributed by atoms with E-state index >= 15 is 0 Å². The highest BCUT2D eigenvalue weighted by Crippen LogP contribution is 2.27. The van der Waals surface area contributed by atoms with Crippen LogP contribution in [-0.4, -0.2) is 17.9 Å². The quantitative estimate of drug-likeness (QED) is 0.536. The molecule has 3 aromatic rings. The number of non-ortho nitro benzene ring substituents is 1. The summed E-state index contributed by atoms with van der Waals surface area (Å²) in [7, 11) is 1.51. The number of carbonyl (C=O) groups excluding carboxylic acids is 1. The second-order valence-corrected chi connectivity index (χ2v) is 5.57. The van der Waals surface area contributed by atoms with Crippen molar-refractivity contribution in [3.05, 3.63) is 69.5 Å². The van der Waals surface area contributed by atoms with Gasteiger partial charge in [0.25, 0.3) is 11.6 Å². The molecule has 0 aliphatic carbocycles. The van der Waals surface area contributed by atoms with Gasteiger partial charge in [0.15, 0.2) is 5.76 Å². The van der Waals surface area contributed by atoms with Gasteiger partial charge in [-0.2, -0.15) is 0 Å². The first-order valence-corrected chi connectivity index (χ1v) is 7.73. The smallest absolute Gasteiger partial charge is 0.287 e. The molecule has 0 fully saturated rings. The van der Waals surface area contributed by atoms with E-state index < -0.39 is 16.6 Å². The van der Waals surface area contributed by atoms with Crippen LogP contribution in [0.1, 0.15) is 21.7 Å². The van der Waals surface area contributed by atoms with Crippen LogP contribution in [0.15, 0.2) is 46.9 Å². The zero-order valence-corrected chi connectivity index (χ0v) is 13.9. The normalized spacial score (nSPS) is 10.8. The van der Waals surface area contributed by atoms with Crippen molar-refractivity contribution in [1.29, 1.82) is 0 Å². The first-order valence-electron chi connectivity index (χ1n) is 7.73. The van der Waals surface area contributed by atoms with E-state index in [9.17, 15) is 20.0 Å². The Morgan fingerprint density at radius 2 is 2.04 bits per heavy atom. The molecule has 1 heterocycles. The molecule has 0 aliphatic heterocycles. The molecule has 1 aromatic heterocycles. The number of nitro benzene ring substituents is 1. The molecule has 3 rings (SSSR count). The number of nitro groups is 1. The van der Waals surface area contributed by atoms with E-state index in [4.69, 9.17) is 9.15 Å². The molecule has 0 saturated carbocycles. The van der Waals surface area contributed by atoms with Gasteiger partial charge in [0, 0.05) is 36.7 Å². The molecule has 0 unspecified atom stereocenters. The van der Waals surface area contributed by atoms with E-state index in [1.807, 2.05) is 12.1 Å². The summed E-state index contributed by atoms with van der Waals surface area (Å²) in [6.45, 7) is 0.0339. The Kier molecular flexibility index (Phi) is 4.85. The van der Waals surface area contributed by atoms with Crippen LogP contribution in [0.3, 0.4) is 0 Å². The lowest BCUT2D eigenvalue weighted by Crippen LogP contribution is -2.24. The van der Waals surface area contributed by atoms with Gasteiger partial charge in [0.1, 0.15) is 5.58 Å². The van der Waals surface area contributed by atoms with Crippen molar-refractivity contribution in [3.63, 3.8) is 0 Å². The summed E-state index contributed by atoms with van der Waals surface area (Å²) in [5.41, 5.74) is 1.06. The first-order chi connectivity index (χ1) is 12.5. The zero-order chi connectivity index (χ0) is 18.7. The van der Waals surface area contributed by atoms with E-state index in [0.717, 1.165) is 23.6 Å². The lowest BCUT2D eigenvalue weighted by Gasteiger charge is -2.13. The fourth-order valence-corrected chi connectivity index (χ4v) is 2.64. The van der Waals surface area contributed by atoms with Crippen molar-refractivity contribution in [2.24, 2.45) is 0 Å². The lowest BCUT2D eigenvalue weighted by atomic mass is 10.1. The average molecular weight is 355 g/mol. The highest BCUT2D eigenvalue weighted by atomic mass is 16.6. The molecular weight excluding hydrogens is 340 g/mol. The predicted octanol–water partition coefficient (Wildman–Crippen LogP) is 2.49. The van der Waals surface area contributed by atoms with Crippen molar-refractivity contribution in [1.82, 2.24) is 5.32 Å². The Morgan fingerprint density at radius 3 is 2.77 bits per heavy atom. The fraction of sp³-hybridized carbons (Fsp3) is 0.167. The third kappa shape index (κ3) is 3.35. The number of nitrogens with one attached hydrogen (secondary N) is 1. The molecule has 1 amide bonds. The number of benzene rings is 2. The highest BCUT2D eigenvalue weighted by molar-refractivity contribution is 5.99. The largest absolute Gasteiger partial charge is 0.872 e. The van der Waals surface area contributed by atoms with Gasteiger partial charge in [-0.15, -0.1) is 5.75 Å². The Hall–Kier alpha value is -3.39. The maximum Gasteiger partial charge on any atom is 0.287 e. The van der Waals surface area contributed by atoms with Crippen LogP contribution in [0.2, 0.25) is 0 Å². The molecule has 0 spiro atoms. The number of hydrogen-bond donors (Lipinski definition) is 1. The van der Waals surface area contributed by atoms with Crippen molar-refractivity contribution in [3.8, 4) is 5.75 Å². The minimum Gasteiger partial charge on any atom is -0.872 e. The summed E-state index contributed by atoms with van der Waals surface area (Å²) >= 11 is 0. The lowest BCUT2D eigenvalue weighted by molar-refractivity contribution is -0.385. The number of amides is 1. The van der Waals surface area contributed by atoms with Crippen LogP contribution in [0.4, 0.5) is 5.69 Å². The molecule has 0 saturated heterocycles. The van der Waals surface area contributed by atoms with Gasteiger partial charge in [0.2, 0.25) is 0 Å². The van der Waals surface area contributed by atoms with Crippen LogP contribution < -0.4 is 10.4 Å². The van der Waals surface area contributed by atoms with Gasteiger partial charge in [-0.25, -0.2) is 0 Å². The van der Waals surface area contributed by atoms with Crippen molar-refractivity contribution in [2.45, 2.75) is 13.2 Å². The van der Waals surface area contributed by atoms with Gasteiger partial charge in [-0.3, -0.25) is 14.9 Å². The molecule has 8 nitrogen and oxygen atoms in total. The monoisotopic (exact) mass is 355 g/mol. The van der Waals surface area contributed by atoms with Gasteiger partial charge >= 0.3 is 0 Å². The summed E-state index contributed by atoms with van der Waals surface area (Å²) in [4.78, 5) is 22.7. The van der Waals surface area contributed by atoms with Gasteiger partial charge in [0.05, 0.1) is 11.5 Å². The highest BCUT2D eigenvalue weighted by Gasteiger charge is 2.20. The summed E-state index contributed by atoms with van der Waals surface area (Å²) in [5, 5.41) is 26.0. The molecule has 26 heavy (non-hydrogen) atoms. The molecule has 0 radical (unpaired) electrons. The number of rotatable bonds is 6. The van der Waals surface area contributed by atoms with E-state index in [1.54, 1.807) is 12.1 Å². The summed E-state index contributed by atoms with van der Waals surface area (Å²) in [6.07, 6.45) is 0. The van der Waals surface area contributed by atoms with Crippen molar-refractivity contribution in [2.75, 3.05) is 7.11 Å². The number of hydrogen-bond acceptors (Lipinski definition) is 6. The van der Waals surface area contributed by atoms with Crippen LogP contribution >= 0.6 is 0 Å². The number of fused-ring (bicyclic) bond motifs is 1. The number of para-hydroxylation sites is 1. The van der Waals surface area contributed by atoms with Crippen molar-refractivity contribution >= 4 is 22.6 Å². The average Bonchev–Trinajstić information content (AvgIpc) is 3.00. The second-order valence-electron chi connectivity index (χ2n) is 5.57. The van der Waals surface area contributed by atoms with Gasteiger partial charge in [-0.1, -0.05) is 24.3 Å². The topological polar surface area (TPSA) is 118 Å². The van der Waals surface area contributed by atoms with Crippen LogP contribution in [-0.2, 0) is 17.9 Å². The zero-order valence-electron chi connectivity index (χ0n) is 13.9. The number of nitrogens with zero attached hydrogens (tertiary/aromatic N) is 1. The third-order valence-corrected chi connectivity index (χ3v) is 3.89. The van der Waals surface area contributed by atoms with Crippen LogP contribution in [0.5, 0.6) is 5.75 Å². The molecule has 2 aromatic carbocycles. The fourth-order valence-electron chi connectivity index (χ4n) is 2.64. The Bertz CT molecular complexity index is 979. The minimum atomic E-state index is -0.597. The molecule has 8 heteroatoms. The summed E-state index contributed by atoms with van der Waals surface area (Å²) in [6, 6.07) is 10.6. The van der Waals surface area contributed by atoms with E-state index in [1.165, 1.54) is 7.11 Å². The summed E-state index contributed by atoms with van der Waals surface area (Å²) < 4.78 is 10.8. The summed E-state index contributed by atoms with van der Waals surface area (Å²) in [5.74, 6) is -0.831. The van der Waals surface area contributed by atoms with Crippen molar-refractivity contribution < 1.29 is 24.0 Å². The Balaban J connectivity index is 1.85. The predicted molar refractivity (Wildman–Crippen MR) is 90.6 cm³/mol. The Labute approximate surface area is 148 Å².